The van der Waals surface area contributed by atoms with Crippen molar-refractivity contribution in [2.24, 2.45) is 0 Å². The summed E-state index contributed by atoms with van der Waals surface area (Å²) in [6, 6.07) is 0. The van der Waals surface area contributed by atoms with Crippen molar-refractivity contribution in [3.8, 4) is 0 Å². The standard InChI is InChI=1S/C3H7ClO2S/c1-2-3-7(4,5)6/h2-3,5-6H,1H3/b3-2+. The summed E-state index contributed by atoms with van der Waals surface area (Å²) in [7, 11) is 2.06. The van der Waals surface area contributed by atoms with Crippen LogP contribution < -0.4 is 0 Å². The lowest BCUT2D eigenvalue weighted by Crippen LogP contribution is -1.76. The minimum atomic E-state index is -2.88. The van der Waals surface area contributed by atoms with Crippen molar-refractivity contribution in [3.63, 3.8) is 0 Å². The van der Waals surface area contributed by atoms with E-state index < -0.39 is 9.80 Å². The molecule has 0 saturated heterocycles. The van der Waals surface area contributed by atoms with Crippen LogP contribution in [-0.2, 0) is 0 Å². The molecule has 0 aromatic carbocycles. The van der Waals surface area contributed by atoms with Gasteiger partial charge in [0.25, 0.3) is 0 Å². The number of hydrogen-bond donors (Lipinski definition) is 2. The first-order chi connectivity index (χ1) is 3.06. The molecule has 0 aromatic heterocycles. The smallest absolute Gasteiger partial charge is 0.0352 e. The van der Waals surface area contributed by atoms with Crippen LogP contribution in [0, 0.1) is 0 Å². The van der Waals surface area contributed by atoms with E-state index in [1.807, 2.05) is 0 Å². The molecule has 0 aliphatic rings. The maximum Gasteiger partial charge on any atom is 0.0352 e. The van der Waals surface area contributed by atoms with Crippen LogP contribution >= 0.6 is 20.5 Å². The van der Waals surface area contributed by atoms with E-state index in [1.165, 1.54) is 6.08 Å². The van der Waals surface area contributed by atoms with Gasteiger partial charge < -0.3 is 0 Å². The van der Waals surface area contributed by atoms with Crippen molar-refractivity contribution in [1.29, 1.82) is 0 Å². The predicted molar refractivity (Wildman–Crippen MR) is 33.5 cm³/mol. The molecule has 2 N–H and O–H groups in total. The molecule has 0 spiro atoms. The average Bonchev–Trinajstić information content (AvgIpc) is 1.30. The summed E-state index contributed by atoms with van der Waals surface area (Å²) in [6.07, 6.45) is 1.49. The summed E-state index contributed by atoms with van der Waals surface area (Å²) in [6.45, 7) is 1.66. The Balaban J connectivity index is 3.56. The van der Waals surface area contributed by atoms with E-state index in [0.29, 0.717) is 0 Å². The highest BCUT2D eigenvalue weighted by molar-refractivity contribution is 8.45. The molecule has 0 fully saturated rings. The Morgan fingerprint density at radius 3 is 2.00 bits per heavy atom. The minimum Gasteiger partial charge on any atom is -0.282 e. The van der Waals surface area contributed by atoms with Gasteiger partial charge in [0.1, 0.15) is 0 Å². The van der Waals surface area contributed by atoms with Crippen LogP contribution in [0.3, 0.4) is 0 Å². The highest BCUT2D eigenvalue weighted by atomic mass is 35.7. The number of halogens is 1. The van der Waals surface area contributed by atoms with E-state index in [-0.39, 0.29) is 0 Å². The van der Waals surface area contributed by atoms with Crippen molar-refractivity contribution in [2.75, 3.05) is 0 Å². The number of hydrogen-bond acceptors (Lipinski definition) is 2. The largest absolute Gasteiger partial charge is 0.282 e. The quantitative estimate of drug-likeness (QED) is 0.591. The molecule has 0 amide bonds. The second-order valence-electron chi connectivity index (χ2n) is 0.989. The van der Waals surface area contributed by atoms with Crippen molar-refractivity contribution in [1.82, 2.24) is 0 Å². The van der Waals surface area contributed by atoms with Gasteiger partial charge in [-0.2, -0.15) is 0 Å². The topological polar surface area (TPSA) is 40.5 Å². The summed E-state index contributed by atoms with van der Waals surface area (Å²) in [5.74, 6) is 0. The lowest BCUT2D eigenvalue weighted by atomic mass is 10.8. The van der Waals surface area contributed by atoms with Crippen LogP contribution in [0.1, 0.15) is 6.92 Å². The molecule has 0 aliphatic heterocycles. The van der Waals surface area contributed by atoms with Crippen LogP contribution in [0.5, 0.6) is 0 Å². The normalized spacial score (nSPS) is 15.4. The van der Waals surface area contributed by atoms with Crippen LogP contribution in [-0.4, -0.2) is 9.11 Å². The van der Waals surface area contributed by atoms with E-state index >= 15 is 0 Å². The molecule has 0 radical (unpaired) electrons. The number of rotatable bonds is 1. The molecule has 0 aliphatic carbocycles. The van der Waals surface area contributed by atoms with Crippen LogP contribution in [0.25, 0.3) is 0 Å². The first-order valence-corrected chi connectivity index (χ1v) is 4.10. The molecule has 0 heterocycles. The third-order valence-electron chi connectivity index (χ3n) is 0.309. The predicted octanol–water partition coefficient (Wildman–Crippen LogP) is 2.42. The lowest BCUT2D eigenvalue weighted by Gasteiger charge is -2.15. The van der Waals surface area contributed by atoms with Crippen molar-refractivity contribution in [3.05, 3.63) is 11.5 Å². The zero-order valence-corrected chi connectivity index (χ0v) is 5.41. The van der Waals surface area contributed by atoms with E-state index in [1.54, 1.807) is 6.92 Å². The SMILES string of the molecule is C/C=C/S(O)(O)Cl. The monoisotopic (exact) mass is 142 g/mol. The van der Waals surface area contributed by atoms with Crippen molar-refractivity contribution in [2.45, 2.75) is 6.92 Å². The molecule has 4 heteroatoms. The van der Waals surface area contributed by atoms with E-state index in [0.717, 1.165) is 5.41 Å². The van der Waals surface area contributed by atoms with Gasteiger partial charge in [0.05, 0.1) is 0 Å². The Bertz CT molecular complexity index is 75.5. The summed E-state index contributed by atoms with van der Waals surface area (Å²) < 4.78 is 16.7. The molecule has 2 nitrogen and oxygen atoms in total. The highest BCUT2D eigenvalue weighted by Gasteiger charge is 1.95. The first kappa shape index (κ1) is 7.30. The van der Waals surface area contributed by atoms with Gasteiger partial charge >= 0.3 is 0 Å². The minimum absolute atomic E-state index is 1.15. The van der Waals surface area contributed by atoms with E-state index in [4.69, 9.17) is 19.8 Å². The second-order valence-corrected chi connectivity index (χ2v) is 3.66. The third kappa shape index (κ3) is 6.30. The Hall–Kier alpha value is 0.300. The van der Waals surface area contributed by atoms with Crippen LogP contribution in [0.2, 0.25) is 0 Å². The lowest BCUT2D eigenvalue weighted by molar-refractivity contribution is 0.519. The second kappa shape index (κ2) is 2.57. The highest BCUT2D eigenvalue weighted by Crippen LogP contribution is 2.45. The molecule has 0 aromatic rings. The molecule has 7 heavy (non-hydrogen) atoms. The van der Waals surface area contributed by atoms with Gasteiger partial charge in [-0.1, -0.05) is 15.9 Å². The van der Waals surface area contributed by atoms with Gasteiger partial charge in [0, 0.05) is 16.1 Å². The zero-order chi connectivity index (χ0) is 5.91. The summed E-state index contributed by atoms with van der Waals surface area (Å²) in [4.78, 5) is 0. The third-order valence-corrected chi connectivity index (χ3v) is 1.24. The molecular formula is C3H7ClO2S. The Morgan fingerprint density at radius 2 is 2.00 bits per heavy atom. The summed E-state index contributed by atoms with van der Waals surface area (Å²) >= 11 is 0. The fourth-order valence-electron chi connectivity index (χ4n) is 0.173. The van der Waals surface area contributed by atoms with Crippen LogP contribution in [0.15, 0.2) is 11.5 Å². The molecule has 0 saturated carbocycles. The fourth-order valence-corrected chi connectivity index (χ4v) is 0.828. The molecule has 0 unspecified atom stereocenters. The first-order valence-electron chi connectivity index (χ1n) is 1.67. The maximum atomic E-state index is 8.34. The van der Waals surface area contributed by atoms with Gasteiger partial charge in [-0.25, -0.2) is 0 Å². The molecule has 0 rings (SSSR count). The summed E-state index contributed by atoms with van der Waals surface area (Å²) in [5, 5.41) is 1.15. The van der Waals surface area contributed by atoms with Gasteiger partial charge in [0.2, 0.25) is 0 Å². The Kier molecular flexibility index (Phi) is 2.68. The van der Waals surface area contributed by atoms with Gasteiger partial charge in [0.15, 0.2) is 0 Å². The van der Waals surface area contributed by atoms with Crippen LogP contribution in [0.4, 0.5) is 0 Å². The van der Waals surface area contributed by atoms with E-state index in [9.17, 15) is 0 Å². The van der Waals surface area contributed by atoms with Crippen molar-refractivity contribution >= 4 is 20.5 Å². The molecule has 0 bridgehead atoms. The molecular weight excluding hydrogens is 136 g/mol. The van der Waals surface area contributed by atoms with Gasteiger partial charge in [-0.05, 0) is 6.92 Å². The van der Waals surface area contributed by atoms with Gasteiger partial charge in [-0.3, -0.25) is 9.11 Å². The molecule has 44 valence electrons. The summed E-state index contributed by atoms with van der Waals surface area (Å²) in [5.41, 5.74) is 0. The maximum absolute atomic E-state index is 8.34. The average molecular weight is 143 g/mol. The Labute approximate surface area is 48.7 Å². The number of allylic oxidation sites excluding steroid dienone is 1. The zero-order valence-electron chi connectivity index (χ0n) is 3.84. The van der Waals surface area contributed by atoms with Crippen molar-refractivity contribution < 1.29 is 9.11 Å². The fraction of sp³-hybridized carbons (Fsp3) is 0.333. The van der Waals surface area contributed by atoms with E-state index in [2.05, 4.69) is 0 Å². The van der Waals surface area contributed by atoms with Gasteiger partial charge in [-0.15, -0.1) is 0 Å². The molecule has 0 atom stereocenters. The Morgan fingerprint density at radius 1 is 1.57 bits per heavy atom.